The van der Waals surface area contributed by atoms with Crippen molar-refractivity contribution in [1.29, 1.82) is 0 Å². The third kappa shape index (κ3) is 3.41. The molecular weight excluding hydrogens is 510 g/mol. The van der Waals surface area contributed by atoms with E-state index in [1.165, 1.54) is 19.2 Å². The van der Waals surface area contributed by atoms with E-state index in [-0.39, 0.29) is 11.3 Å². The zero-order chi connectivity index (χ0) is 20.6. The molecule has 0 aromatic heterocycles. The second-order valence-corrected chi connectivity index (χ2v) is 6.99. The van der Waals surface area contributed by atoms with E-state index in [0.29, 0.717) is 0 Å². The second-order valence-electron chi connectivity index (χ2n) is 5.43. The van der Waals surface area contributed by atoms with E-state index in [9.17, 15) is 26.3 Å². The Hall–Kier alpha value is -1.42. The number of rotatable bonds is 6. The maximum absolute atomic E-state index is 14.7. The lowest BCUT2D eigenvalue weighted by atomic mass is 9.75. The zero-order valence-corrected chi connectivity index (χ0v) is 17.0. The molecule has 2 nitrogen and oxygen atoms in total. The Morgan fingerprint density at radius 1 is 0.852 bits per heavy atom. The quantitative estimate of drug-likeness (QED) is 0.266. The molecule has 0 aliphatic heterocycles. The first-order valence-corrected chi connectivity index (χ1v) is 9.15. The maximum atomic E-state index is 14.7. The second kappa shape index (κ2) is 7.90. The highest BCUT2D eigenvalue weighted by molar-refractivity contribution is 9.10. The third-order valence-electron chi connectivity index (χ3n) is 4.12. The van der Waals surface area contributed by atoms with Crippen molar-refractivity contribution in [3.63, 3.8) is 0 Å². The van der Waals surface area contributed by atoms with Crippen LogP contribution in [0.25, 0.3) is 0 Å². The largest absolute Gasteiger partial charge is 0.497 e. The van der Waals surface area contributed by atoms with Crippen molar-refractivity contribution in [2.45, 2.75) is 10.2 Å². The summed E-state index contributed by atoms with van der Waals surface area (Å²) in [6.45, 7) is 0. The highest BCUT2D eigenvalue weighted by atomic mass is 79.9. The average Bonchev–Trinajstić information content (AvgIpc) is 2.63. The highest BCUT2D eigenvalue weighted by Crippen LogP contribution is 2.53. The number of alkyl halides is 4. The topological polar surface area (TPSA) is 18.5 Å². The van der Waals surface area contributed by atoms with Crippen LogP contribution >= 0.6 is 31.9 Å². The van der Waals surface area contributed by atoms with Crippen LogP contribution < -0.4 is 9.47 Å². The molecule has 0 saturated carbocycles. The monoisotopic (exact) mass is 520 g/mol. The SMILES string of the molecule is COc1ccc(C(CBr)(c2c(F)c(F)c(OC)c(F)c2F)C(F)(F)Br)cc1. The van der Waals surface area contributed by atoms with Gasteiger partial charge in [0.25, 0.3) is 0 Å². The Balaban J connectivity index is 2.96. The number of methoxy groups -OCH3 is 2. The van der Waals surface area contributed by atoms with Crippen molar-refractivity contribution in [1.82, 2.24) is 0 Å². The molecule has 0 heterocycles. The van der Waals surface area contributed by atoms with Crippen LogP contribution in [0.5, 0.6) is 11.5 Å². The van der Waals surface area contributed by atoms with Gasteiger partial charge in [-0.05, 0) is 33.6 Å². The fourth-order valence-electron chi connectivity index (χ4n) is 2.71. The van der Waals surface area contributed by atoms with E-state index in [0.717, 1.165) is 19.2 Å². The smallest absolute Gasteiger partial charge is 0.315 e. The fourth-order valence-corrected chi connectivity index (χ4v) is 4.61. The normalized spacial score (nSPS) is 14.0. The summed E-state index contributed by atoms with van der Waals surface area (Å²) in [4.78, 5) is -4.01. The van der Waals surface area contributed by atoms with Crippen LogP contribution in [0.4, 0.5) is 26.3 Å². The van der Waals surface area contributed by atoms with Gasteiger partial charge in [0.2, 0.25) is 11.6 Å². The number of ether oxygens (including phenoxy) is 2. The van der Waals surface area contributed by atoms with Gasteiger partial charge in [-0.25, -0.2) is 8.78 Å². The van der Waals surface area contributed by atoms with Crippen LogP contribution in [0.15, 0.2) is 24.3 Å². The highest BCUT2D eigenvalue weighted by Gasteiger charge is 2.57. The molecule has 0 amide bonds. The summed E-state index contributed by atoms with van der Waals surface area (Å²) in [7, 11) is 2.12. The molecule has 2 aromatic rings. The molecule has 0 aliphatic carbocycles. The van der Waals surface area contributed by atoms with E-state index in [1.54, 1.807) is 0 Å². The number of benzene rings is 2. The summed E-state index contributed by atoms with van der Waals surface area (Å²) < 4.78 is 96.3. The maximum Gasteiger partial charge on any atom is 0.315 e. The molecule has 1 atom stereocenters. The Bertz CT molecular complexity index is 810. The Kier molecular flexibility index (Phi) is 6.40. The number of hydrogen-bond acceptors (Lipinski definition) is 2. The van der Waals surface area contributed by atoms with Crippen LogP contribution in [-0.2, 0) is 5.41 Å². The molecule has 148 valence electrons. The minimum Gasteiger partial charge on any atom is -0.497 e. The van der Waals surface area contributed by atoms with Crippen molar-refractivity contribution in [2.75, 3.05) is 19.5 Å². The van der Waals surface area contributed by atoms with Crippen LogP contribution in [0, 0.1) is 23.3 Å². The van der Waals surface area contributed by atoms with Gasteiger partial charge in [-0.15, -0.1) is 0 Å². The Morgan fingerprint density at radius 2 is 1.33 bits per heavy atom. The molecule has 2 aromatic carbocycles. The predicted molar refractivity (Wildman–Crippen MR) is 94.3 cm³/mol. The Morgan fingerprint density at radius 3 is 1.67 bits per heavy atom. The van der Waals surface area contributed by atoms with Crippen molar-refractivity contribution >= 4 is 31.9 Å². The lowest BCUT2D eigenvalue weighted by Gasteiger charge is -2.37. The van der Waals surface area contributed by atoms with E-state index in [2.05, 4.69) is 36.6 Å². The molecule has 0 spiro atoms. The molecule has 0 aliphatic rings. The average molecular weight is 522 g/mol. The third-order valence-corrected chi connectivity index (χ3v) is 5.64. The molecule has 27 heavy (non-hydrogen) atoms. The van der Waals surface area contributed by atoms with E-state index in [1.807, 2.05) is 0 Å². The van der Waals surface area contributed by atoms with E-state index in [4.69, 9.17) is 4.74 Å². The van der Waals surface area contributed by atoms with Gasteiger partial charge in [0, 0.05) is 10.9 Å². The van der Waals surface area contributed by atoms with E-state index < -0.39 is 50.2 Å². The fraction of sp³-hybridized carbons (Fsp3) is 0.294. The summed E-state index contributed by atoms with van der Waals surface area (Å²) in [6, 6.07) is 4.79. The molecule has 0 radical (unpaired) electrons. The van der Waals surface area contributed by atoms with Crippen LogP contribution in [0.3, 0.4) is 0 Å². The van der Waals surface area contributed by atoms with Gasteiger partial charge in [0.15, 0.2) is 17.4 Å². The van der Waals surface area contributed by atoms with Gasteiger partial charge in [-0.1, -0.05) is 28.1 Å². The van der Waals surface area contributed by atoms with Crippen LogP contribution in [-0.4, -0.2) is 24.4 Å². The first-order valence-electron chi connectivity index (χ1n) is 7.24. The summed E-state index contributed by atoms with van der Waals surface area (Å²) in [5.74, 6) is -8.86. The first-order chi connectivity index (χ1) is 12.6. The number of halogens is 8. The molecule has 10 heteroatoms. The van der Waals surface area contributed by atoms with Crippen molar-refractivity contribution in [2.24, 2.45) is 0 Å². The molecular formula is C17H12Br2F6O2. The predicted octanol–water partition coefficient (Wildman–Crippen LogP) is 5.93. The van der Waals surface area contributed by atoms with Gasteiger partial charge in [-0.3, -0.25) is 0 Å². The van der Waals surface area contributed by atoms with E-state index >= 15 is 0 Å². The minimum atomic E-state index is -4.01. The molecule has 0 bridgehead atoms. The van der Waals surface area contributed by atoms with Gasteiger partial charge < -0.3 is 9.47 Å². The first kappa shape index (κ1) is 21.9. The van der Waals surface area contributed by atoms with Crippen molar-refractivity contribution < 1.29 is 35.8 Å². The van der Waals surface area contributed by atoms with Gasteiger partial charge in [-0.2, -0.15) is 17.6 Å². The van der Waals surface area contributed by atoms with Gasteiger partial charge in [0.1, 0.15) is 11.2 Å². The van der Waals surface area contributed by atoms with Gasteiger partial charge >= 0.3 is 4.83 Å². The van der Waals surface area contributed by atoms with Crippen molar-refractivity contribution in [3.8, 4) is 11.5 Å². The number of hydrogen-bond donors (Lipinski definition) is 0. The summed E-state index contributed by atoms with van der Waals surface area (Å²) >= 11 is 4.94. The Labute approximate surface area is 167 Å². The summed E-state index contributed by atoms with van der Waals surface area (Å²) in [5, 5.41) is -0.774. The standard InChI is InChI=1S/C17H12Br2F6O2/c1-26-9-5-3-8(4-6-9)16(7-18,17(19,24)25)10-11(20)13(22)15(27-2)14(23)12(10)21/h3-6H,7H2,1-2H3. The molecule has 2 rings (SSSR count). The van der Waals surface area contributed by atoms with Gasteiger partial charge in [0.05, 0.1) is 14.2 Å². The zero-order valence-electron chi connectivity index (χ0n) is 13.9. The summed E-state index contributed by atoms with van der Waals surface area (Å²) in [5.41, 5.74) is -4.63. The summed E-state index contributed by atoms with van der Waals surface area (Å²) in [6.07, 6.45) is 0. The van der Waals surface area contributed by atoms with Crippen molar-refractivity contribution in [3.05, 3.63) is 58.7 Å². The molecule has 0 saturated heterocycles. The molecule has 0 fully saturated rings. The molecule has 1 unspecified atom stereocenters. The molecule has 0 N–H and O–H groups in total. The lowest BCUT2D eigenvalue weighted by molar-refractivity contribution is 0.0473. The lowest BCUT2D eigenvalue weighted by Crippen LogP contribution is -2.46. The van der Waals surface area contributed by atoms with Crippen LogP contribution in [0.1, 0.15) is 11.1 Å². The minimum absolute atomic E-state index is 0.285. The van der Waals surface area contributed by atoms with Crippen LogP contribution in [0.2, 0.25) is 0 Å².